The fraction of sp³-hybridized carbons (Fsp3) is 0.889. The quantitative estimate of drug-likeness (QED) is 0.601. The van der Waals surface area contributed by atoms with Crippen molar-refractivity contribution in [1.29, 1.82) is 5.26 Å². The summed E-state index contributed by atoms with van der Waals surface area (Å²) >= 11 is 0. The van der Waals surface area contributed by atoms with Gasteiger partial charge in [0.25, 0.3) is 0 Å². The zero-order chi connectivity index (χ0) is 8.97. The Morgan fingerprint density at radius 1 is 1.33 bits per heavy atom. The molecule has 12 heavy (non-hydrogen) atoms. The van der Waals surface area contributed by atoms with Crippen LogP contribution in [-0.2, 0) is 0 Å². The third-order valence-electron chi connectivity index (χ3n) is 2.58. The Balaban J connectivity index is 2.48. The number of piperazine rings is 1. The summed E-state index contributed by atoms with van der Waals surface area (Å²) in [6.45, 7) is 9.40. The van der Waals surface area contributed by atoms with Gasteiger partial charge in [-0.3, -0.25) is 9.80 Å². The molecule has 68 valence electrons. The van der Waals surface area contributed by atoms with Gasteiger partial charge >= 0.3 is 0 Å². The van der Waals surface area contributed by atoms with Gasteiger partial charge in [-0.1, -0.05) is 13.8 Å². The van der Waals surface area contributed by atoms with Gasteiger partial charge in [-0.2, -0.15) is 5.26 Å². The smallest absolute Gasteiger partial charge is 0.111 e. The molecule has 1 aliphatic rings. The van der Waals surface area contributed by atoms with Crippen LogP contribution in [0.15, 0.2) is 0 Å². The molecule has 1 heterocycles. The predicted octanol–water partition coefficient (Wildman–Crippen LogP) is 0.536. The van der Waals surface area contributed by atoms with Crippen LogP contribution >= 0.6 is 0 Å². The van der Waals surface area contributed by atoms with Gasteiger partial charge in [0, 0.05) is 19.6 Å². The second-order valence-electron chi connectivity index (χ2n) is 3.17. The Morgan fingerprint density at radius 3 is 2.58 bits per heavy atom. The summed E-state index contributed by atoms with van der Waals surface area (Å²) in [4.78, 5) is 4.58. The molecule has 1 fully saturated rings. The normalized spacial score (nSPS) is 26.9. The van der Waals surface area contributed by atoms with E-state index in [4.69, 9.17) is 5.26 Å². The average molecular weight is 167 g/mol. The maximum atomic E-state index is 8.89. The number of nitriles is 1. The fourth-order valence-electron chi connectivity index (χ4n) is 1.67. The highest BCUT2D eigenvalue weighted by Gasteiger charge is 2.24. The first-order chi connectivity index (χ1) is 5.81. The van der Waals surface area contributed by atoms with Gasteiger partial charge in [-0.25, -0.2) is 0 Å². The van der Waals surface area contributed by atoms with E-state index < -0.39 is 0 Å². The van der Waals surface area contributed by atoms with Crippen molar-refractivity contribution >= 4 is 0 Å². The van der Waals surface area contributed by atoms with Crippen molar-refractivity contribution in [3.05, 3.63) is 0 Å². The molecule has 0 aromatic carbocycles. The standard InChI is InChI=1S/C9H17N3/c1-3-11-5-6-12(4-2)9(7-10)8-11/h9H,3-6,8H2,1-2H3/t9-/m1/s1. The Hall–Kier alpha value is -0.590. The Bertz CT molecular complexity index is 173. The lowest BCUT2D eigenvalue weighted by molar-refractivity contribution is 0.110. The molecule has 0 saturated carbocycles. The van der Waals surface area contributed by atoms with Crippen molar-refractivity contribution in [2.75, 3.05) is 32.7 Å². The molecular weight excluding hydrogens is 150 g/mol. The second kappa shape index (κ2) is 4.44. The van der Waals surface area contributed by atoms with Crippen molar-refractivity contribution in [3.8, 4) is 6.07 Å². The van der Waals surface area contributed by atoms with E-state index in [0.717, 1.165) is 32.7 Å². The van der Waals surface area contributed by atoms with Gasteiger partial charge in [0.2, 0.25) is 0 Å². The summed E-state index contributed by atoms with van der Waals surface area (Å²) < 4.78 is 0. The van der Waals surface area contributed by atoms with Crippen LogP contribution in [0.3, 0.4) is 0 Å². The van der Waals surface area contributed by atoms with Crippen molar-refractivity contribution in [3.63, 3.8) is 0 Å². The molecule has 0 radical (unpaired) electrons. The van der Waals surface area contributed by atoms with E-state index in [2.05, 4.69) is 29.7 Å². The van der Waals surface area contributed by atoms with Gasteiger partial charge in [0.15, 0.2) is 0 Å². The van der Waals surface area contributed by atoms with Gasteiger partial charge in [0.05, 0.1) is 6.07 Å². The minimum absolute atomic E-state index is 0.115. The third kappa shape index (κ3) is 1.96. The minimum Gasteiger partial charge on any atom is -0.300 e. The van der Waals surface area contributed by atoms with E-state index in [9.17, 15) is 0 Å². The Kier molecular flexibility index (Phi) is 3.51. The summed E-state index contributed by atoms with van der Waals surface area (Å²) in [5.41, 5.74) is 0. The van der Waals surface area contributed by atoms with Gasteiger partial charge in [0.1, 0.15) is 6.04 Å². The molecule has 1 aliphatic heterocycles. The average Bonchev–Trinajstić information content (AvgIpc) is 2.16. The van der Waals surface area contributed by atoms with Crippen molar-refractivity contribution in [2.45, 2.75) is 19.9 Å². The third-order valence-corrected chi connectivity index (χ3v) is 2.58. The highest BCUT2D eigenvalue weighted by Crippen LogP contribution is 2.07. The molecule has 1 saturated heterocycles. The topological polar surface area (TPSA) is 30.3 Å². The first-order valence-corrected chi connectivity index (χ1v) is 4.67. The Labute approximate surface area is 74.6 Å². The maximum Gasteiger partial charge on any atom is 0.111 e. The van der Waals surface area contributed by atoms with E-state index in [-0.39, 0.29) is 6.04 Å². The molecule has 1 rings (SSSR count). The van der Waals surface area contributed by atoms with Crippen LogP contribution in [0.2, 0.25) is 0 Å². The second-order valence-corrected chi connectivity index (χ2v) is 3.17. The van der Waals surface area contributed by atoms with Crippen molar-refractivity contribution < 1.29 is 0 Å². The van der Waals surface area contributed by atoms with E-state index in [1.54, 1.807) is 0 Å². The molecule has 3 heteroatoms. The SMILES string of the molecule is CCN1CCN(CC)[C@H](C#N)C1. The van der Waals surface area contributed by atoms with Crippen LogP contribution in [-0.4, -0.2) is 48.6 Å². The van der Waals surface area contributed by atoms with Gasteiger partial charge < -0.3 is 0 Å². The predicted molar refractivity (Wildman–Crippen MR) is 48.8 cm³/mol. The number of likely N-dealkylation sites (N-methyl/N-ethyl adjacent to an activating group) is 2. The summed E-state index contributed by atoms with van der Waals surface area (Å²) in [6.07, 6.45) is 0. The molecule has 0 aromatic rings. The highest BCUT2D eigenvalue weighted by atomic mass is 15.3. The molecule has 3 nitrogen and oxygen atoms in total. The molecule has 0 aliphatic carbocycles. The molecule has 0 unspecified atom stereocenters. The fourth-order valence-corrected chi connectivity index (χ4v) is 1.67. The lowest BCUT2D eigenvalue weighted by Gasteiger charge is -2.36. The van der Waals surface area contributed by atoms with Gasteiger partial charge in [-0.15, -0.1) is 0 Å². The lowest BCUT2D eigenvalue weighted by Crippen LogP contribution is -2.52. The summed E-state index contributed by atoms with van der Waals surface area (Å²) in [6, 6.07) is 2.47. The van der Waals surface area contributed by atoms with Crippen LogP contribution < -0.4 is 0 Å². The number of hydrogen-bond donors (Lipinski definition) is 0. The Morgan fingerprint density at radius 2 is 2.08 bits per heavy atom. The molecule has 0 N–H and O–H groups in total. The molecule has 0 aromatic heterocycles. The summed E-state index contributed by atoms with van der Waals surface area (Å²) in [7, 11) is 0. The first-order valence-electron chi connectivity index (χ1n) is 4.67. The van der Waals surface area contributed by atoms with Crippen molar-refractivity contribution in [1.82, 2.24) is 9.80 Å². The molecule has 0 spiro atoms. The molecule has 1 atom stereocenters. The monoisotopic (exact) mass is 167 g/mol. The first kappa shape index (κ1) is 9.50. The van der Waals surface area contributed by atoms with Crippen molar-refractivity contribution in [2.24, 2.45) is 0 Å². The lowest BCUT2D eigenvalue weighted by atomic mass is 10.2. The van der Waals surface area contributed by atoms with E-state index in [1.165, 1.54) is 0 Å². The molecule has 0 amide bonds. The van der Waals surface area contributed by atoms with Crippen LogP contribution in [0.25, 0.3) is 0 Å². The number of rotatable bonds is 2. The van der Waals surface area contributed by atoms with Crippen LogP contribution in [0.5, 0.6) is 0 Å². The molecule has 0 bridgehead atoms. The van der Waals surface area contributed by atoms with Crippen LogP contribution in [0.4, 0.5) is 0 Å². The number of hydrogen-bond acceptors (Lipinski definition) is 3. The van der Waals surface area contributed by atoms with Crippen LogP contribution in [0.1, 0.15) is 13.8 Å². The van der Waals surface area contributed by atoms with Gasteiger partial charge in [-0.05, 0) is 13.1 Å². The van der Waals surface area contributed by atoms with E-state index in [1.807, 2.05) is 0 Å². The number of nitrogens with zero attached hydrogens (tertiary/aromatic N) is 3. The minimum atomic E-state index is 0.115. The maximum absolute atomic E-state index is 8.89. The summed E-state index contributed by atoms with van der Waals surface area (Å²) in [5, 5.41) is 8.89. The van der Waals surface area contributed by atoms with Crippen LogP contribution in [0, 0.1) is 11.3 Å². The molecular formula is C9H17N3. The zero-order valence-corrected chi connectivity index (χ0v) is 7.95. The zero-order valence-electron chi connectivity index (χ0n) is 7.95. The van der Waals surface area contributed by atoms with E-state index >= 15 is 0 Å². The summed E-state index contributed by atoms with van der Waals surface area (Å²) in [5.74, 6) is 0. The highest BCUT2D eigenvalue weighted by molar-refractivity contribution is 4.96. The largest absolute Gasteiger partial charge is 0.300 e. The van der Waals surface area contributed by atoms with E-state index in [0.29, 0.717) is 0 Å².